The van der Waals surface area contributed by atoms with Gasteiger partial charge in [-0.25, -0.2) is 13.4 Å². The number of nitrogens with zero attached hydrogens (tertiary/aromatic N) is 1. The van der Waals surface area contributed by atoms with E-state index in [1.54, 1.807) is 0 Å². The first kappa shape index (κ1) is 11.1. The maximum absolute atomic E-state index is 11.0. The lowest BCUT2D eigenvalue weighted by molar-refractivity contribution is 0.607. The van der Waals surface area contributed by atoms with E-state index in [-0.39, 0.29) is 0 Å². The Kier molecular flexibility index (Phi) is 2.93. The first-order chi connectivity index (χ1) is 7.54. The molecule has 1 aromatic carbocycles. The van der Waals surface area contributed by atoms with Crippen molar-refractivity contribution in [3.05, 3.63) is 35.7 Å². The molecule has 6 heteroatoms. The molecule has 4 nitrogen and oxygen atoms in total. The van der Waals surface area contributed by atoms with Gasteiger partial charge in [-0.1, -0.05) is 30.3 Å². The Labute approximate surface area is 98.0 Å². The minimum atomic E-state index is -3.25. The van der Waals surface area contributed by atoms with Crippen molar-refractivity contribution in [3.63, 3.8) is 0 Å². The Balaban J connectivity index is 2.27. The molecule has 0 aliphatic carbocycles. The summed E-state index contributed by atoms with van der Waals surface area (Å²) in [7, 11) is -3.25. The monoisotopic (exact) mass is 254 g/mol. The quantitative estimate of drug-likeness (QED) is 0.913. The summed E-state index contributed by atoms with van der Waals surface area (Å²) < 4.78 is 24.4. The summed E-state index contributed by atoms with van der Waals surface area (Å²) in [5.74, 6) is 0. The van der Waals surface area contributed by atoms with Gasteiger partial charge in [0.15, 0.2) is 5.13 Å². The van der Waals surface area contributed by atoms with E-state index >= 15 is 0 Å². The molecule has 0 radical (unpaired) electrons. The topological polar surface area (TPSA) is 59.1 Å². The van der Waals surface area contributed by atoms with Gasteiger partial charge < -0.3 is 0 Å². The lowest BCUT2D eigenvalue weighted by atomic mass is 10.2. The van der Waals surface area contributed by atoms with E-state index in [2.05, 4.69) is 9.71 Å². The van der Waals surface area contributed by atoms with Gasteiger partial charge >= 0.3 is 0 Å². The van der Waals surface area contributed by atoms with Crippen LogP contribution in [0, 0.1) is 0 Å². The molecule has 84 valence electrons. The van der Waals surface area contributed by atoms with Gasteiger partial charge in [0, 0.05) is 10.9 Å². The van der Waals surface area contributed by atoms with Crippen LogP contribution in [0.2, 0.25) is 0 Å². The number of anilines is 1. The van der Waals surface area contributed by atoms with Crippen molar-refractivity contribution in [1.29, 1.82) is 0 Å². The zero-order chi connectivity index (χ0) is 11.6. The average molecular weight is 254 g/mol. The minimum Gasteiger partial charge on any atom is -0.259 e. The number of hydrogen-bond donors (Lipinski definition) is 1. The van der Waals surface area contributed by atoms with E-state index in [1.165, 1.54) is 11.3 Å². The molecule has 0 saturated carbocycles. The smallest absolute Gasteiger partial charge is 0.231 e. The second-order valence-corrected chi connectivity index (χ2v) is 5.88. The van der Waals surface area contributed by atoms with Crippen molar-refractivity contribution < 1.29 is 8.42 Å². The van der Waals surface area contributed by atoms with Gasteiger partial charge in [-0.05, 0) is 0 Å². The fraction of sp³-hybridized carbons (Fsp3) is 0.100. The van der Waals surface area contributed by atoms with Gasteiger partial charge in [-0.2, -0.15) is 0 Å². The molecule has 1 aromatic heterocycles. The summed E-state index contributed by atoms with van der Waals surface area (Å²) in [4.78, 5) is 4.19. The van der Waals surface area contributed by atoms with Crippen molar-refractivity contribution in [3.8, 4) is 11.3 Å². The van der Waals surface area contributed by atoms with Crippen LogP contribution in [0.3, 0.4) is 0 Å². The Morgan fingerprint density at radius 3 is 2.56 bits per heavy atom. The summed E-state index contributed by atoms with van der Waals surface area (Å²) in [5.41, 5.74) is 1.75. The van der Waals surface area contributed by atoms with Gasteiger partial charge in [0.25, 0.3) is 0 Å². The van der Waals surface area contributed by atoms with Gasteiger partial charge in [0.1, 0.15) is 0 Å². The number of nitrogens with one attached hydrogen (secondary N) is 1. The Bertz CT molecular complexity index is 576. The fourth-order valence-electron chi connectivity index (χ4n) is 1.22. The van der Waals surface area contributed by atoms with Crippen LogP contribution in [-0.2, 0) is 10.0 Å². The number of thiazole rings is 1. The number of benzene rings is 1. The molecular formula is C10H10N2O2S2. The van der Waals surface area contributed by atoms with E-state index in [9.17, 15) is 8.42 Å². The first-order valence-electron chi connectivity index (χ1n) is 4.53. The summed E-state index contributed by atoms with van der Waals surface area (Å²) >= 11 is 1.27. The number of hydrogen-bond acceptors (Lipinski definition) is 4. The Morgan fingerprint density at radius 2 is 1.94 bits per heavy atom. The lowest BCUT2D eigenvalue weighted by Crippen LogP contribution is -2.08. The van der Waals surface area contributed by atoms with E-state index in [4.69, 9.17) is 0 Å². The minimum absolute atomic E-state index is 0.390. The molecule has 0 aliphatic rings. The normalized spacial score (nSPS) is 11.3. The van der Waals surface area contributed by atoms with Crippen LogP contribution in [-0.4, -0.2) is 19.7 Å². The van der Waals surface area contributed by atoms with Crippen molar-refractivity contribution in [2.45, 2.75) is 0 Å². The zero-order valence-electron chi connectivity index (χ0n) is 8.54. The summed E-state index contributed by atoms with van der Waals surface area (Å²) in [6, 6.07) is 9.61. The molecule has 0 amide bonds. The van der Waals surface area contributed by atoms with Crippen molar-refractivity contribution in [2.75, 3.05) is 11.0 Å². The molecule has 0 atom stereocenters. The van der Waals surface area contributed by atoms with E-state index < -0.39 is 10.0 Å². The zero-order valence-corrected chi connectivity index (χ0v) is 10.2. The highest BCUT2D eigenvalue weighted by molar-refractivity contribution is 7.92. The SMILES string of the molecule is CS(=O)(=O)Nc1nc(-c2ccccc2)cs1. The van der Waals surface area contributed by atoms with Crippen LogP contribution < -0.4 is 4.72 Å². The van der Waals surface area contributed by atoms with Gasteiger partial charge in [0.2, 0.25) is 10.0 Å². The fourth-order valence-corrected chi connectivity index (χ4v) is 2.79. The molecule has 2 aromatic rings. The second kappa shape index (κ2) is 4.23. The largest absolute Gasteiger partial charge is 0.259 e. The maximum Gasteiger partial charge on any atom is 0.231 e. The molecular weight excluding hydrogens is 244 g/mol. The highest BCUT2D eigenvalue weighted by Gasteiger charge is 2.07. The van der Waals surface area contributed by atoms with E-state index in [1.807, 2.05) is 35.7 Å². The molecule has 1 N–H and O–H groups in total. The molecule has 16 heavy (non-hydrogen) atoms. The van der Waals surface area contributed by atoms with Crippen molar-refractivity contribution in [2.24, 2.45) is 0 Å². The Morgan fingerprint density at radius 1 is 1.25 bits per heavy atom. The molecule has 0 spiro atoms. The van der Waals surface area contributed by atoms with Gasteiger partial charge in [-0.3, -0.25) is 4.72 Å². The third-order valence-electron chi connectivity index (χ3n) is 1.85. The second-order valence-electron chi connectivity index (χ2n) is 3.28. The number of sulfonamides is 1. The third kappa shape index (κ3) is 2.80. The van der Waals surface area contributed by atoms with Crippen molar-refractivity contribution >= 4 is 26.5 Å². The predicted molar refractivity (Wildman–Crippen MR) is 66.0 cm³/mol. The summed E-state index contributed by atoms with van der Waals surface area (Å²) in [5, 5.41) is 2.21. The number of rotatable bonds is 3. The van der Waals surface area contributed by atoms with Crippen LogP contribution in [0.4, 0.5) is 5.13 Å². The summed E-state index contributed by atoms with van der Waals surface area (Å²) in [6.45, 7) is 0. The standard InChI is InChI=1S/C10H10N2O2S2/c1-16(13,14)12-10-11-9(7-15-10)8-5-3-2-4-6-8/h2-7H,1H3,(H,11,12). The molecule has 0 bridgehead atoms. The number of aromatic nitrogens is 1. The van der Waals surface area contributed by atoms with E-state index in [0.717, 1.165) is 17.5 Å². The molecule has 0 fully saturated rings. The van der Waals surface area contributed by atoms with Gasteiger partial charge in [0.05, 0.1) is 11.9 Å². The highest BCUT2D eigenvalue weighted by Crippen LogP contribution is 2.24. The van der Waals surface area contributed by atoms with Crippen LogP contribution >= 0.6 is 11.3 Å². The van der Waals surface area contributed by atoms with Crippen LogP contribution in [0.5, 0.6) is 0 Å². The lowest BCUT2D eigenvalue weighted by Gasteiger charge is -1.97. The van der Waals surface area contributed by atoms with Crippen LogP contribution in [0.1, 0.15) is 0 Å². The predicted octanol–water partition coefficient (Wildman–Crippen LogP) is 2.18. The summed E-state index contributed by atoms with van der Waals surface area (Å²) in [6.07, 6.45) is 1.11. The highest BCUT2D eigenvalue weighted by atomic mass is 32.2. The third-order valence-corrected chi connectivity index (χ3v) is 3.30. The van der Waals surface area contributed by atoms with Gasteiger partial charge in [-0.15, -0.1) is 11.3 Å². The molecule has 0 aliphatic heterocycles. The van der Waals surface area contributed by atoms with Crippen molar-refractivity contribution in [1.82, 2.24) is 4.98 Å². The first-order valence-corrected chi connectivity index (χ1v) is 7.30. The van der Waals surface area contributed by atoms with Crippen LogP contribution in [0.25, 0.3) is 11.3 Å². The van der Waals surface area contributed by atoms with Crippen LogP contribution in [0.15, 0.2) is 35.7 Å². The molecule has 0 saturated heterocycles. The molecule has 0 unspecified atom stereocenters. The molecule has 2 rings (SSSR count). The molecule has 1 heterocycles. The van der Waals surface area contributed by atoms with E-state index in [0.29, 0.717) is 5.13 Å². The maximum atomic E-state index is 11.0. The average Bonchev–Trinajstić information content (AvgIpc) is 2.65. The Hall–Kier alpha value is -1.40.